The van der Waals surface area contributed by atoms with E-state index in [-0.39, 0.29) is 0 Å². The summed E-state index contributed by atoms with van der Waals surface area (Å²) in [4.78, 5) is 11.2. The first-order valence-electron chi connectivity index (χ1n) is 3.09. The monoisotopic (exact) mass is 387 g/mol. The quantitative estimate of drug-likeness (QED) is 0.604. The fourth-order valence-electron chi connectivity index (χ4n) is 0.901. The van der Waals surface area contributed by atoms with E-state index in [1.807, 2.05) is 6.07 Å². The van der Waals surface area contributed by atoms with Gasteiger partial charge in [0.25, 0.3) is 0 Å². The predicted molar refractivity (Wildman–Crippen MR) is 61.3 cm³/mol. The molecule has 0 saturated carbocycles. The van der Waals surface area contributed by atoms with Crippen LogP contribution < -0.4 is 3.07 Å². The molecule has 0 atom stereocenters. The maximum absolute atomic E-state index is 4.91. The molecule has 0 fully saturated rings. The van der Waals surface area contributed by atoms with E-state index in [9.17, 15) is 0 Å². The Bertz CT molecular complexity index is 414. The van der Waals surface area contributed by atoms with Crippen molar-refractivity contribution in [3.8, 4) is 6.01 Å². The molecule has 0 bridgehead atoms. The second-order valence-electron chi connectivity index (χ2n) is 2.14. The van der Waals surface area contributed by atoms with E-state index < -0.39 is 0 Å². The molecule has 62 valence electrons. The van der Waals surface area contributed by atoms with Crippen molar-refractivity contribution < 1.29 is 3.07 Å². The maximum atomic E-state index is 4.91. The number of nitrogens with one attached hydrogen (secondary N) is 1. The number of rotatable bonds is 1. The van der Waals surface area contributed by atoms with Crippen LogP contribution in [0.4, 0.5) is 0 Å². The summed E-state index contributed by atoms with van der Waals surface area (Å²) in [6.07, 6.45) is 1.72. The summed E-state index contributed by atoms with van der Waals surface area (Å²) in [5, 5.41) is 0. The Balaban J connectivity index is 2.67. The number of nitrogens with zero attached hydrogens (tertiary/aromatic N) is 2. The lowest BCUT2D eigenvalue weighted by Gasteiger charge is -1.86. The number of hydrogen-bond acceptors (Lipinski definition) is 3. The summed E-state index contributed by atoms with van der Waals surface area (Å²) in [7, 11) is 0. The van der Waals surface area contributed by atoms with Gasteiger partial charge in [0.1, 0.15) is 9.22 Å². The second kappa shape index (κ2) is 3.32. The van der Waals surface area contributed by atoms with Crippen molar-refractivity contribution in [2.75, 3.05) is 0 Å². The third kappa shape index (κ3) is 1.49. The maximum Gasteiger partial charge on any atom is 0.304 e. The van der Waals surface area contributed by atoms with Gasteiger partial charge in [0.05, 0.1) is 11.7 Å². The van der Waals surface area contributed by atoms with Gasteiger partial charge in [-0.15, -0.1) is 0 Å². The molecule has 0 spiro atoms. The summed E-state index contributed by atoms with van der Waals surface area (Å²) in [6, 6.07) is 2.43. The van der Waals surface area contributed by atoms with Crippen molar-refractivity contribution in [3.05, 3.63) is 16.0 Å². The van der Waals surface area contributed by atoms with Crippen LogP contribution in [0, 0.1) is 3.70 Å². The zero-order valence-corrected chi connectivity index (χ0v) is 10.0. The Hall–Kier alpha value is -0.120. The molecule has 4 nitrogen and oxygen atoms in total. The largest absolute Gasteiger partial charge is 0.394 e. The van der Waals surface area contributed by atoms with Crippen LogP contribution in [0.15, 0.2) is 12.3 Å². The highest BCUT2D eigenvalue weighted by Crippen LogP contribution is 2.17. The molecule has 0 aliphatic heterocycles. The van der Waals surface area contributed by atoms with Gasteiger partial charge in [-0.1, -0.05) is 0 Å². The van der Waals surface area contributed by atoms with Crippen molar-refractivity contribution in [2.24, 2.45) is 0 Å². The first-order valence-corrected chi connectivity index (χ1v) is 5.05. The van der Waals surface area contributed by atoms with Gasteiger partial charge in [-0.2, -0.15) is 4.98 Å². The van der Waals surface area contributed by atoms with Crippen molar-refractivity contribution >= 4 is 56.6 Å². The lowest BCUT2D eigenvalue weighted by atomic mass is 10.4. The Kier molecular flexibility index (Phi) is 2.35. The lowest BCUT2D eigenvalue weighted by molar-refractivity contribution is 0.660. The summed E-state index contributed by atoms with van der Waals surface area (Å²) < 4.78 is 5.85. The molecule has 0 aromatic carbocycles. The number of fused-ring (bicyclic) bond motifs is 1. The second-order valence-corrected chi connectivity index (χ2v) is 3.69. The highest BCUT2D eigenvalue weighted by atomic mass is 127. The summed E-state index contributed by atoms with van der Waals surface area (Å²) in [5.74, 6) is 0. The highest BCUT2D eigenvalue weighted by molar-refractivity contribution is 14.1. The molecule has 0 aliphatic rings. The molecule has 0 saturated heterocycles. The number of halogens is 2. The molecular weight excluding hydrogens is 384 g/mol. The first-order chi connectivity index (χ1) is 5.79. The van der Waals surface area contributed by atoms with Crippen LogP contribution >= 0.6 is 45.6 Å². The van der Waals surface area contributed by atoms with E-state index in [2.05, 4.69) is 37.5 Å². The Morgan fingerprint density at radius 1 is 1.50 bits per heavy atom. The van der Waals surface area contributed by atoms with Gasteiger partial charge in [-0.25, -0.2) is 4.98 Å². The minimum Gasteiger partial charge on any atom is -0.394 e. The summed E-state index contributed by atoms with van der Waals surface area (Å²) in [5.41, 5.74) is 1.77. The van der Waals surface area contributed by atoms with Crippen molar-refractivity contribution in [2.45, 2.75) is 0 Å². The standard InChI is InChI=1S/C6H3I2N3O/c7-5-1-3-4(2-9-5)11-6(10-3)12-8/h1-2H,(H,10,11). The molecule has 2 heterocycles. The average Bonchev–Trinajstić information content (AvgIpc) is 2.46. The number of imidazole rings is 1. The molecule has 2 aromatic rings. The van der Waals surface area contributed by atoms with E-state index in [0.717, 1.165) is 14.7 Å². The van der Waals surface area contributed by atoms with Gasteiger partial charge >= 0.3 is 6.01 Å². The van der Waals surface area contributed by atoms with Crippen LogP contribution in [0.25, 0.3) is 11.0 Å². The molecule has 6 heteroatoms. The summed E-state index contributed by atoms with van der Waals surface area (Å²) >= 11 is 3.93. The molecule has 0 amide bonds. The summed E-state index contributed by atoms with van der Waals surface area (Å²) in [6.45, 7) is 0. The molecule has 2 aromatic heterocycles. The van der Waals surface area contributed by atoms with Crippen molar-refractivity contribution in [1.82, 2.24) is 15.0 Å². The normalized spacial score (nSPS) is 10.5. The molecule has 1 N–H and O–H groups in total. The number of hydrogen-bond donors (Lipinski definition) is 1. The molecule has 0 aliphatic carbocycles. The average molecular weight is 387 g/mol. The van der Waals surface area contributed by atoms with Crippen LogP contribution in [0.1, 0.15) is 0 Å². The third-order valence-corrected chi connectivity index (χ3v) is 2.39. The van der Waals surface area contributed by atoms with Crippen LogP contribution in [0.2, 0.25) is 0 Å². The van der Waals surface area contributed by atoms with E-state index in [1.54, 1.807) is 29.2 Å². The Morgan fingerprint density at radius 3 is 3.08 bits per heavy atom. The zero-order valence-electron chi connectivity index (χ0n) is 5.71. The van der Waals surface area contributed by atoms with E-state index in [4.69, 9.17) is 3.07 Å². The lowest BCUT2D eigenvalue weighted by Crippen LogP contribution is -1.77. The predicted octanol–water partition coefficient (Wildman–Crippen LogP) is 2.29. The van der Waals surface area contributed by atoms with Gasteiger partial charge in [-0.05, 0) is 28.7 Å². The minimum absolute atomic E-state index is 0.509. The fourth-order valence-corrected chi connectivity index (χ4v) is 1.56. The van der Waals surface area contributed by atoms with Crippen molar-refractivity contribution in [3.63, 3.8) is 0 Å². The Morgan fingerprint density at radius 2 is 2.33 bits per heavy atom. The van der Waals surface area contributed by atoms with Crippen LogP contribution in [0.3, 0.4) is 0 Å². The molecule has 12 heavy (non-hydrogen) atoms. The molecule has 2 rings (SSSR count). The van der Waals surface area contributed by atoms with Gasteiger partial charge < -0.3 is 8.05 Å². The topological polar surface area (TPSA) is 50.8 Å². The Labute approximate surface area is 96.0 Å². The zero-order chi connectivity index (χ0) is 8.55. The number of pyridine rings is 1. The highest BCUT2D eigenvalue weighted by Gasteiger charge is 2.02. The van der Waals surface area contributed by atoms with Crippen LogP contribution in [-0.4, -0.2) is 15.0 Å². The SMILES string of the molecule is IOc1nc2cnc(I)cc2[nH]1. The number of H-pyrrole nitrogens is 1. The van der Waals surface area contributed by atoms with E-state index >= 15 is 0 Å². The van der Waals surface area contributed by atoms with Crippen molar-refractivity contribution in [1.29, 1.82) is 0 Å². The van der Waals surface area contributed by atoms with Crippen LogP contribution in [0.5, 0.6) is 6.01 Å². The molecule has 0 radical (unpaired) electrons. The third-order valence-electron chi connectivity index (χ3n) is 1.39. The van der Waals surface area contributed by atoms with E-state index in [1.165, 1.54) is 0 Å². The van der Waals surface area contributed by atoms with Gasteiger partial charge in [0.15, 0.2) is 23.0 Å². The molecule has 0 unspecified atom stereocenters. The smallest absolute Gasteiger partial charge is 0.304 e. The first kappa shape index (κ1) is 8.48. The minimum atomic E-state index is 0.509. The van der Waals surface area contributed by atoms with Gasteiger partial charge in [0.2, 0.25) is 0 Å². The molecular formula is C6H3I2N3O. The van der Waals surface area contributed by atoms with Gasteiger partial charge in [-0.3, -0.25) is 0 Å². The van der Waals surface area contributed by atoms with Crippen LogP contribution in [-0.2, 0) is 0 Å². The van der Waals surface area contributed by atoms with E-state index in [0.29, 0.717) is 6.01 Å². The van der Waals surface area contributed by atoms with Gasteiger partial charge in [0, 0.05) is 0 Å². The fraction of sp³-hybridized carbons (Fsp3) is 0. The number of aromatic amines is 1. The number of aromatic nitrogens is 3.